The van der Waals surface area contributed by atoms with Gasteiger partial charge in [-0.15, -0.1) is 0 Å². The lowest BCUT2D eigenvalue weighted by Crippen LogP contribution is -2.04. The van der Waals surface area contributed by atoms with Gasteiger partial charge in [-0.3, -0.25) is 0 Å². The van der Waals surface area contributed by atoms with Gasteiger partial charge in [0.1, 0.15) is 0 Å². The second kappa shape index (κ2) is 5.36. The average Bonchev–Trinajstić information content (AvgIpc) is 2.71. The van der Waals surface area contributed by atoms with Crippen molar-refractivity contribution in [2.45, 2.75) is 33.6 Å². The van der Waals surface area contributed by atoms with Crippen molar-refractivity contribution in [3.8, 4) is 5.69 Å². The number of hydrogen-bond acceptors (Lipinski definition) is 2. The zero-order valence-electron chi connectivity index (χ0n) is 11.4. The SMILES string of the molecule is Cc1ccc(C)c(-n2ncc(CCCN)c2C)c1. The number of nitrogens with two attached hydrogens (primary N) is 1. The summed E-state index contributed by atoms with van der Waals surface area (Å²) < 4.78 is 2.04. The standard InChI is InChI=1S/C15H21N3/c1-11-6-7-12(2)15(9-11)18-13(3)14(10-17-18)5-4-8-16/h6-7,9-10H,4-5,8,16H2,1-3H3. The van der Waals surface area contributed by atoms with E-state index in [-0.39, 0.29) is 0 Å². The van der Waals surface area contributed by atoms with Crippen LogP contribution in [0.2, 0.25) is 0 Å². The lowest BCUT2D eigenvalue weighted by molar-refractivity contribution is 0.812. The van der Waals surface area contributed by atoms with Crippen LogP contribution in [0.5, 0.6) is 0 Å². The van der Waals surface area contributed by atoms with Gasteiger partial charge < -0.3 is 5.73 Å². The topological polar surface area (TPSA) is 43.8 Å². The molecule has 0 spiro atoms. The molecule has 0 atom stereocenters. The normalized spacial score (nSPS) is 10.9. The maximum Gasteiger partial charge on any atom is 0.0680 e. The predicted molar refractivity (Wildman–Crippen MR) is 75.2 cm³/mol. The van der Waals surface area contributed by atoms with Crippen molar-refractivity contribution in [3.63, 3.8) is 0 Å². The number of aromatic nitrogens is 2. The van der Waals surface area contributed by atoms with Crippen LogP contribution in [-0.4, -0.2) is 16.3 Å². The quantitative estimate of drug-likeness (QED) is 0.897. The summed E-state index contributed by atoms with van der Waals surface area (Å²) in [5.74, 6) is 0. The predicted octanol–water partition coefficient (Wildman–Crippen LogP) is 2.69. The fraction of sp³-hybridized carbons (Fsp3) is 0.400. The molecule has 0 unspecified atom stereocenters. The highest BCUT2D eigenvalue weighted by atomic mass is 15.3. The van der Waals surface area contributed by atoms with Crippen LogP contribution in [0.1, 0.15) is 28.8 Å². The first-order chi connectivity index (χ1) is 8.63. The minimum atomic E-state index is 0.730. The van der Waals surface area contributed by atoms with Crippen molar-refractivity contribution in [2.75, 3.05) is 6.54 Å². The third kappa shape index (κ3) is 2.46. The molecule has 0 saturated carbocycles. The number of nitrogens with zero attached hydrogens (tertiary/aromatic N) is 2. The summed E-state index contributed by atoms with van der Waals surface area (Å²) in [7, 11) is 0. The summed E-state index contributed by atoms with van der Waals surface area (Å²) in [5, 5.41) is 4.52. The van der Waals surface area contributed by atoms with Crippen molar-refractivity contribution in [1.82, 2.24) is 9.78 Å². The first-order valence-corrected chi connectivity index (χ1v) is 6.44. The molecule has 1 aromatic carbocycles. The van der Waals surface area contributed by atoms with Crippen molar-refractivity contribution < 1.29 is 0 Å². The van der Waals surface area contributed by atoms with E-state index in [0.717, 1.165) is 19.4 Å². The molecule has 1 heterocycles. The lowest BCUT2D eigenvalue weighted by Gasteiger charge is -2.10. The van der Waals surface area contributed by atoms with E-state index in [0.29, 0.717) is 0 Å². The molecule has 96 valence electrons. The third-order valence-corrected chi connectivity index (χ3v) is 3.35. The van der Waals surface area contributed by atoms with Gasteiger partial charge in [0.15, 0.2) is 0 Å². The molecule has 0 aliphatic carbocycles. The summed E-state index contributed by atoms with van der Waals surface area (Å²) in [6.45, 7) is 7.08. The van der Waals surface area contributed by atoms with E-state index in [1.54, 1.807) is 0 Å². The van der Waals surface area contributed by atoms with Crippen molar-refractivity contribution in [3.05, 3.63) is 46.8 Å². The van der Waals surface area contributed by atoms with Crippen LogP contribution >= 0.6 is 0 Å². The highest BCUT2D eigenvalue weighted by Crippen LogP contribution is 2.19. The van der Waals surface area contributed by atoms with Crippen LogP contribution in [0.25, 0.3) is 5.69 Å². The molecule has 0 aliphatic heterocycles. The second-order valence-electron chi connectivity index (χ2n) is 4.85. The maximum absolute atomic E-state index is 5.56. The van der Waals surface area contributed by atoms with Gasteiger partial charge in [-0.25, -0.2) is 4.68 Å². The Labute approximate surface area is 109 Å². The molecule has 18 heavy (non-hydrogen) atoms. The Balaban J connectivity index is 2.39. The highest BCUT2D eigenvalue weighted by molar-refractivity contribution is 5.44. The molecule has 0 saturated heterocycles. The van der Waals surface area contributed by atoms with Gasteiger partial charge in [0.2, 0.25) is 0 Å². The Bertz CT molecular complexity index is 541. The Kier molecular flexibility index (Phi) is 3.82. The monoisotopic (exact) mass is 243 g/mol. The summed E-state index contributed by atoms with van der Waals surface area (Å²) in [6, 6.07) is 6.46. The summed E-state index contributed by atoms with van der Waals surface area (Å²) in [6.07, 6.45) is 3.99. The summed E-state index contributed by atoms with van der Waals surface area (Å²) in [5.41, 5.74) is 11.8. The van der Waals surface area contributed by atoms with Crippen molar-refractivity contribution >= 4 is 0 Å². The van der Waals surface area contributed by atoms with Gasteiger partial charge in [-0.2, -0.15) is 5.10 Å². The van der Waals surface area contributed by atoms with Crippen LogP contribution in [-0.2, 0) is 6.42 Å². The molecule has 2 aromatic rings. The highest BCUT2D eigenvalue weighted by Gasteiger charge is 2.09. The molecule has 0 amide bonds. The molecule has 1 aromatic heterocycles. The van der Waals surface area contributed by atoms with Gasteiger partial charge in [-0.05, 0) is 62.9 Å². The van der Waals surface area contributed by atoms with Crippen LogP contribution in [0.4, 0.5) is 0 Å². The minimum Gasteiger partial charge on any atom is -0.330 e. The summed E-state index contributed by atoms with van der Waals surface area (Å²) >= 11 is 0. The number of hydrogen-bond donors (Lipinski definition) is 1. The Hall–Kier alpha value is -1.61. The molecular formula is C15H21N3. The fourth-order valence-electron chi connectivity index (χ4n) is 2.17. The molecule has 0 aliphatic rings. The Morgan fingerprint density at radius 2 is 2.00 bits per heavy atom. The van der Waals surface area contributed by atoms with Gasteiger partial charge >= 0.3 is 0 Å². The third-order valence-electron chi connectivity index (χ3n) is 3.35. The van der Waals surface area contributed by atoms with Gasteiger partial charge in [0.05, 0.1) is 11.9 Å². The zero-order chi connectivity index (χ0) is 13.1. The molecular weight excluding hydrogens is 222 g/mol. The largest absolute Gasteiger partial charge is 0.330 e. The van der Waals surface area contributed by atoms with Crippen molar-refractivity contribution in [2.24, 2.45) is 5.73 Å². The van der Waals surface area contributed by atoms with E-state index >= 15 is 0 Å². The molecule has 0 bridgehead atoms. The van der Waals surface area contributed by atoms with Gasteiger partial charge in [-0.1, -0.05) is 12.1 Å². The van der Waals surface area contributed by atoms with Crippen molar-refractivity contribution in [1.29, 1.82) is 0 Å². The van der Waals surface area contributed by atoms with Crippen LogP contribution in [0.15, 0.2) is 24.4 Å². The number of benzene rings is 1. The van der Waals surface area contributed by atoms with E-state index in [4.69, 9.17) is 5.73 Å². The average molecular weight is 243 g/mol. The first kappa shape index (κ1) is 12.8. The molecule has 3 heteroatoms. The molecule has 2 N–H and O–H groups in total. The summed E-state index contributed by atoms with van der Waals surface area (Å²) in [4.78, 5) is 0. The van der Waals surface area contributed by atoms with Crippen LogP contribution in [0, 0.1) is 20.8 Å². The molecule has 0 fully saturated rings. The maximum atomic E-state index is 5.56. The molecule has 2 rings (SSSR count). The van der Waals surface area contributed by atoms with E-state index in [1.165, 1.54) is 28.1 Å². The minimum absolute atomic E-state index is 0.730. The number of rotatable bonds is 4. The Morgan fingerprint density at radius 1 is 1.22 bits per heavy atom. The van der Waals surface area contributed by atoms with E-state index < -0.39 is 0 Å². The van der Waals surface area contributed by atoms with E-state index in [2.05, 4.69) is 44.1 Å². The van der Waals surface area contributed by atoms with E-state index in [9.17, 15) is 0 Å². The van der Waals surface area contributed by atoms with Crippen LogP contribution in [0.3, 0.4) is 0 Å². The van der Waals surface area contributed by atoms with Gasteiger partial charge in [0.25, 0.3) is 0 Å². The van der Waals surface area contributed by atoms with Gasteiger partial charge in [0, 0.05) is 5.69 Å². The second-order valence-corrected chi connectivity index (χ2v) is 4.85. The first-order valence-electron chi connectivity index (χ1n) is 6.44. The fourth-order valence-corrected chi connectivity index (χ4v) is 2.17. The van der Waals surface area contributed by atoms with Crippen LogP contribution < -0.4 is 5.73 Å². The zero-order valence-corrected chi connectivity index (χ0v) is 11.4. The lowest BCUT2D eigenvalue weighted by atomic mass is 10.1. The van der Waals surface area contributed by atoms with E-state index in [1.807, 2.05) is 10.9 Å². The molecule has 0 radical (unpaired) electrons. The molecule has 3 nitrogen and oxygen atoms in total. The number of aryl methyl sites for hydroxylation is 3. The smallest absolute Gasteiger partial charge is 0.0680 e. The Morgan fingerprint density at radius 3 is 2.72 bits per heavy atom.